The molecule has 1 heterocycles. The van der Waals surface area contributed by atoms with Crippen molar-refractivity contribution in [3.05, 3.63) is 87.7 Å². The molecule has 0 fully saturated rings. The maximum absolute atomic E-state index is 6.57. The summed E-state index contributed by atoms with van der Waals surface area (Å²) >= 11 is 12.0. The molecule has 4 rings (SSSR count). The minimum atomic E-state index is 0.379. The van der Waals surface area contributed by atoms with Gasteiger partial charge in [0, 0.05) is 11.1 Å². The predicted molar refractivity (Wildman–Crippen MR) is 131 cm³/mol. The Balaban J connectivity index is 1.55. The van der Waals surface area contributed by atoms with Crippen molar-refractivity contribution in [2.75, 3.05) is 19.6 Å². The molecule has 0 bridgehead atoms. The Bertz CT molecular complexity index is 1290. The number of H-pyrrole nitrogens is 1. The molecule has 0 radical (unpaired) electrons. The summed E-state index contributed by atoms with van der Waals surface area (Å²) in [5.41, 5.74) is 5.95. The molecule has 7 nitrogen and oxygen atoms in total. The van der Waals surface area contributed by atoms with Gasteiger partial charge >= 0.3 is 0 Å². The first kappa shape index (κ1) is 22.7. The fourth-order valence-corrected chi connectivity index (χ4v) is 3.76. The first-order chi connectivity index (χ1) is 16.1. The van der Waals surface area contributed by atoms with Gasteiger partial charge in [0.05, 0.1) is 26.3 Å². The molecule has 0 aliphatic carbocycles. The Kier molecular flexibility index (Phi) is 7.16. The number of nitrogens with one attached hydrogen (secondary N) is 2. The van der Waals surface area contributed by atoms with Gasteiger partial charge in [-0.1, -0.05) is 54.1 Å². The Hall–Kier alpha value is -3.49. The monoisotopic (exact) mass is 482 g/mol. The lowest BCUT2D eigenvalue weighted by molar-refractivity contribution is 0.284. The molecular weight excluding hydrogens is 460 g/mol. The number of aromatic nitrogens is 3. The van der Waals surface area contributed by atoms with Crippen molar-refractivity contribution in [2.45, 2.75) is 13.2 Å². The van der Waals surface area contributed by atoms with Crippen LogP contribution in [0.5, 0.6) is 17.2 Å². The maximum Gasteiger partial charge on any atom is 0.214 e. The van der Waals surface area contributed by atoms with Crippen LogP contribution in [0.4, 0.5) is 0 Å². The van der Waals surface area contributed by atoms with E-state index < -0.39 is 0 Å². The third-order valence-electron chi connectivity index (χ3n) is 5.02. The molecule has 0 aliphatic rings. The van der Waals surface area contributed by atoms with E-state index in [0.717, 1.165) is 16.7 Å². The second-order valence-corrected chi connectivity index (χ2v) is 7.89. The first-order valence-corrected chi connectivity index (χ1v) is 11.0. The van der Waals surface area contributed by atoms with Gasteiger partial charge in [-0.2, -0.15) is 5.10 Å². The summed E-state index contributed by atoms with van der Waals surface area (Å²) in [5, 5.41) is 7.72. The smallest absolute Gasteiger partial charge is 0.214 e. The fourth-order valence-electron chi connectivity index (χ4n) is 3.34. The zero-order valence-corrected chi connectivity index (χ0v) is 19.7. The van der Waals surface area contributed by atoms with E-state index in [1.807, 2.05) is 60.7 Å². The number of rotatable bonds is 9. The zero-order valence-electron chi connectivity index (χ0n) is 18.2. The number of nitrogens with zero attached hydrogens (tertiary/aromatic N) is 2. The van der Waals surface area contributed by atoms with Crippen molar-refractivity contribution >= 4 is 23.8 Å². The summed E-state index contributed by atoms with van der Waals surface area (Å²) < 4.78 is 19.1. The molecule has 2 N–H and O–H groups in total. The molecule has 0 atom stereocenters. The van der Waals surface area contributed by atoms with Crippen LogP contribution in [0.15, 0.2) is 66.7 Å². The predicted octanol–water partition coefficient (Wildman–Crippen LogP) is 5.60. The second-order valence-electron chi connectivity index (χ2n) is 7.09. The molecule has 0 amide bonds. The van der Waals surface area contributed by atoms with Gasteiger partial charge in [0.1, 0.15) is 12.4 Å². The van der Waals surface area contributed by atoms with Crippen molar-refractivity contribution in [3.63, 3.8) is 0 Å². The molecule has 9 heteroatoms. The van der Waals surface area contributed by atoms with E-state index >= 15 is 0 Å². The van der Waals surface area contributed by atoms with Crippen LogP contribution in [0, 0.1) is 4.77 Å². The number of hydrogen-bond donors (Lipinski definition) is 2. The highest BCUT2D eigenvalue weighted by atomic mass is 35.5. The average molecular weight is 483 g/mol. The third-order valence-corrected chi connectivity index (χ3v) is 5.64. The van der Waals surface area contributed by atoms with E-state index in [9.17, 15) is 0 Å². The highest BCUT2D eigenvalue weighted by molar-refractivity contribution is 7.71. The number of benzene rings is 3. The molecule has 0 aliphatic heterocycles. The molecular formula is C24H23ClN4O3S. The Morgan fingerprint density at radius 3 is 2.45 bits per heavy atom. The Morgan fingerprint density at radius 2 is 1.70 bits per heavy atom. The molecule has 4 aromatic rings. The maximum atomic E-state index is 6.57. The van der Waals surface area contributed by atoms with Crippen LogP contribution in [0.25, 0.3) is 11.4 Å². The summed E-state index contributed by atoms with van der Waals surface area (Å²) in [7, 11) is 3.22. The van der Waals surface area contributed by atoms with Crippen LogP contribution in [0.2, 0.25) is 5.02 Å². The largest absolute Gasteiger partial charge is 0.496 e. The van der Waals surface area contributed by atoms with E-state index in [-0.39, 0.29) is 0 Å². The molecule has 0 spiro atoms. The van der Waals surface area contributed by atoms with Gasteiger partial charge in [0.25, 0.3) is 0 Å². The van der Waals surface area contributed by atoms with E-state index in [1.165, 1.54) is 0 Å². The average Bonchev–Trinajstić information content (AvgIpc) is 3.22. The van der Waals surface area contributed by atoms with E-state index in [2.05, 4.69) is 15.6 Å². The Morgan fingerprint density at radius 1 is 0.970 bits per heavy atom. The molecule has 0 saturated heterocycles. The van der Waals surface area contributed by atoms with E-state index in [0.29, 0.717) is 46.0 Å². The fraction of sp³-hybridized carbons (Fsp3) is 0.167. The van der Waals surface area contributed by atoms with Crippen molar-refractivity contribution < 1.29 is 14.2 Å². The van der Waals surface area contributed by atoms with Gasteiger partial charge in [-0.15, -0.1) is 0 Å². The van der Waals surface area contributed by atoms with Gasteiger partial charge in [-0.05, 0) is 41.5 Å². The van der Waals surface area contributed by atoms with Gasteiger partial charge in [0.2, 0.25) is 4.77 Å². The summed E-state index contributed by atoms with van der Waals surface area (Å²) in [4.78, 5) is 0. The van der Waals surface area contributed by atoms with Gasteiger partial charge in [-0.3, -0.25) is 0 Å². The highest BCUT2D eigenvalue weighted by Crippen LogP contribution is 2.34. The highest BCUT2D eigenvalue weighted by Gasteiger charge is 2.15. The standard InChI is InChI=1S/C24H23ClN4O3S/c1-30-20-11-7-6-10-18(20)23-27-28-24(33)29(23)26-14-17-12-21(31-2)22(13-19(17)25)32-15-16-8-4-3-5-9-16/h3-13,26H,14-15H2,1-2H3,(H,28,33). The SMILES string of the molecule is COc1cc(CNn2c(-c3ccccc3OC)n[nH]c2=S)c(Cl)cc1OCc1ccccc1. The lowest BCUT2D eigenvalue weighted by Gasteiger charge is -2.16. The van der Waals surface area contributed by atoms with Crippen LogP contribution in [0.3, 0.4) is 0 Å². The van der Waals surface area contributed by atoms with Crippen molar-refractivity contribution in [1.82, 2.24) is 14.9 Å². The quantitative estimate of drug-likeness (QED) is 0.302. The van der Waals surface area contributed by atoms with Crippen LogP contribution in [-0.2, 0) is 13.2 Å². The number of aromatic amines is 1. The summed E-state index contributed by atoms with van der Waals surface area (Å²) in [5.74, 6) is 2.45. The van der Waals surface area contributed by atoms with Crippen LogP contribution in [-0.4, -0.2) is 29.1 Å². The normalized spacial score (nSPS) is 10.6. The molecule has 0 unspecified atom stereocenters. The summed E-state index contributed by atoms with van der Waals surface area (Å²) in [6.45, 7) is 0.793. The number of hydrogen-bond acceptors (Lipinski definition) is 6. The summed E-state index contributed by atoms with van der Waals surface area (Å²) in [6.07, 6.45) is 0. The minimum Gasteiger partial charge on any atom is -0.496 e. The molecule has 33 heavy (non-hydrogen) atoms. The zero-order chi connectivity index (χ0) is 23.2. The lowest BCUT2D eigenvalue weighted by Crippen LogP contribution is -2.16. The van der Waals surface area contributed by atoms with Crippen molar-refractivity contribution in [2.24, 2.45) is 0 Å². The number of para-hydroxylation sites is 1. The lowest BCUT2D eigenvalue weighted by atomic mass is 10.2. The topological polar surface area (TPSA) is 73.3 Å². The minimum absolute atomic E-state index is 0.379. The molecule has 170 valence electrons. The van der Waals surface area contributed by atoms with E-state index in [1.54, 1.807) is 25.0 Å². The van der Waals surface area contributed by atoms with Gasteiger partial charge in [0.15, 0.2) is 17.3 Å². The first-order valence-electron chi connectivity index (χ1n) is 10.2. The van der Waals surface area contributed by atoms with E-state index in [4.69, 9.17) is 38.0 Å². The van der Waals surface area contributed by atoms with Crippen molar-refractivity contribution in [3.8, 4) is 28.6 Å². The van der Waals surface area contributed by atoms with Crippen molar-refractivity contribution in [1.29, 1.82) is 0 Å². The van der Waals surface area contributed by atoms with Crippen LogP contribution < -0.4 is 19.6 Å². The van der Waals surface area contributed by atoms with Gasteiger partial charge < -0.3 is 19.6 Å². The Labute approximate surface area is 201 Å². The molecule has 0 saturated carbocycles. The second kappa shape index (κ2) is 10.4. The van der Waals surface area contributed by atoms with Crippen LogP contribution in [0.1, 0.15) is 11.1 Å². The number of methoxy groups -OCH3 is 2. The number of halogens is 1. The van der Waals surface area contributed by atoms with Crippen LogP contribution >= 0.6 is 23.8 Å². The summed E-state index contributed by atoms with van der Waals surface area (Å²) in [6, 6.07) is 21.1. The van der Waals surface area contributed by atoms with Gasteiger partial charge in [-0.25, -0.2) is 9.77 Å². The number of ether oxygens (including phenoxy) is 3. The molecule has 3 aromatic carbocycles. The molecule has 1 aromatic heterocycles. The third kappa shape index (κ3) is 5.13.